The molecule has 0 N–H and O–H groups in total. The van der Waals surface area contributed by atoms with Crippen molar-refractivity contribution < 1.29 is 17.6 Å². The Morgan fingerprint density at radius 1 is 0.200 bits per heavy atom. The molecular weight excluding hydrogens is 1730 g/mol. The summed E-state index contributed by atoms with van der Waals surface area (Å²) in [6, 6.07) is 154. The highest BCUT2D eigenvalue weighted by Gasteiger charge is 2.46. The summed E-state index contributed by atoms with van der Waals surface area (Å²) in [6.07, 6.45) is 0. The summed E-state index contributed by atoms with van der Waals surface area (Å²) >= 11 is 0. The number of para-hydroxylation sites is 10. The Hall–Kier alpha value is -19.0. The Balaban J connectivity index is 0.000000148. The minimum absolute atomic E-state index is 0.00142. The lowest BCUT2D eigenvalue weighted by atomic mass is 9.33. The molecule has 652 valence electrons. The van der Waals surface area contributed by atoms with Crippen LogP contribution in [0.15, 0.2) is 437 Å². The molecule has 22 aromatic rings. The molecule has 0 saturated carbocycles. The van der Waals surface area contributed by atoms with Gasteiger partial charge in [0.1, 0.15) is 23.3 Å². The lowest BCUT2D eigenvalue weighted by Gasteiger charge is -2.44. The fourth-order valence-corrected chi connectivity index (χ4v) is 22.0. The van der Waals surface area contributed by atoms with Gasteiger partial charge in [0.05, 0.1) is 91.1 Å². The van der Waals surface area contributed by atoms with Crippen LogP contribution in [0.5, 0.6) is 0 Å². The van der Waals surface area contributed by atoms with E-state index in [9.17, 15) is 21.0 Å². The van der Waals surface area contributed by atoms with E-state index in [2.05, 4.69) is 334 Å². The van der Waals surface area contributed by atoms with Gasteiger partial charge >= 0.3 is 0 Å². The van der Waals surface area contributed by atoms with E-state index < -0.39 is 23.3 Å². The van der Waals surface area contributed by atoms with Gasteiger partial charge in [-0.2, -0.15) is 21.0 Å². The first-order valence-corrected chi connectivity index (χ1v) is 46.2. The van der Waals surface area contributed by atoms with Crippen molar-refractivity contribution in [2.75, 3.05) is 19.6 Å². The molecule has 0 aliphatic carbocycles. The predicted octanol–water partition coefficient (Wildman–Crippen LogP) is 27.8. The summed E-state index contributed by atoms with van der Waals surface area (Å²) in [4.78, 5) is 9.62. The number of nitrogens with zero attached hydrogens (tertiary/aromatic N) is 10. The van der Waals surface area contributed by atoms with Crippen molar-refractivity contribution in [2.45, 2.75) is 0 Å². The number of hydrogen-bond acceptors (Lipinski definition) is 8. The molecular formula is C124H72B2F4N10. The number of hydrogen-bond donors (Lipinski definition) is 0. The van der Waals surface area contributed by atoms with Crippen LogP contribution in [0.25, 0.3) is 122 Å². The molecule has 0 atom stereocenters. The van der Waals surface area contributed by atoms with E-state index in [-0.39, 0.29) is 35.7 Å². The van der Waals surface area contributed by atoms with E-state index in [1.807, 2.05) is 71.3 Å². The number of rotatable bonds is 12. The molecule has 0 saturated heterocycles. The fraction of sp³-hybridized carbons (Fsp3) is 0. The van der Waals surface area contributed by atoms with E-state index in [0.29, 0.717) is 39.1 Å². The minimum Gasteiger partial charge on any atom is -0.311 e. The molecule has 0 unspecified atom stereocenters. The first kappa shape index (κ1) is 82.9. The van der Waals surface area contributed by atoms with Crippen molar-refractivity contribution >= 4 is 158 Å². The summed E-state index contributed by atoms with van der Waals surface area (Å²) in [6.45, 7) is -0.0324. The van der Waals surface area contributed by atoms with Crippen molar-refractivity contribution in [3.63, 3.8) is 0 Å². The van der Waals surface area contributed by atoms with Crippen LogP contribution in [-0.4, -0.2) is 22.6 Å². The molecule has 6 heterocycles. The molecule has 4 aliphatic rings. The average Bonchev–Trinajstić information content (AvgIpc) is 0.811. The third-order valence-electron chi connectivity index (χ3n) is 27.9. The lowest BCUT2D eigenvalue weighted by Crippen LogP contribution is -2.61. The molecule has 10 nitrogen and oxygen atoms in total. The topological polar surface area (TPSA) is 118 Å². The Labute approximate surface area is 804 Å². The van der Waals surface area contributed by atoms with Crippen molar-refractivity contribution in [3.8, 4) is 102 Å². The molecule has 140 heavy (non-hydrogen) atoms. The van der Waals surface area contributed by atoms with Crippen LogP contribution in [0.2, 0.25) is 0 Å². The minimum atomic E-state index is -0.793. The van der Waals surface area contributed by atoms with E-state index in [1.54, 1.807) is 42.5 Å². The normalized spacial score (nSPS) is 12.3. The quantitative estimate of drug-likeness (QED) is 0.0877. The monoisotopic (exact) mass is 1800 g/mol. The smallest absolute Gasteiger partial charge is 0.252 e. The highest BCUT2D eigenvalue weighted by molar-refractivity contribution is 7.01. The Bertz CT molecular complexity index is 8870. The maximum atomic E-state index is 16.0. The van der Waals surface area contributed by atoms with Crippen molar-refractivity contribution in [2.24, 2.45) is 0 Å². The molecule has 0 radical (unpaired) electrons. The second-order valence-corrected chi connectivity index (χ2v) is 35.4. The average molecular weight is 1800 g/mol. The molecule has 26 rings (SSSR count). The highest BCUT2D eigenvalue weighted by atomic mass is 19.1. The van der Waals surface area contributed by atoms with Crippen LogP contribution in [0.1, 0.15) is 22.3 Å². The Morgan fingerprint density at radius 3 is 0.914 bits per heavy atom. The first-order chi connectivity index (χ1) is 69.0. The third-order valence-corrected chi connectivity index (χ3v) is 27.9. The van der Waals surface area contributed by atoms with E-state index in [4.69, 9.17) is 0 Å². The van der Waals surface area contributed by atoms with Crippen LogP contribution in [-0.2, 0) is 0 Å². The van der Waals surface area contributed by atoms with Gasteiger partial charge in [0.25, 0.3) is 13.4 Å². The van der Waals surface area contributed by atoms with Gasteiger partial charge in [0.2, 0.25) is 0 Å². The van der Waals surface area contributed by atoms with Gasteiger partial charge < -0.3 is 28.7 Å². The second-order valence-electron chi connectivity index (χ2n) is 35.4. The number of aromatic nitrogens is 2. The van der Waals surface area contributed by atoms with Gasteiger partial charge in [-0.3, -0.25) is 0 Å². The molecule has 2 aromatic heterocycles. The third kappa shape index (κ3) is 13.3. The molecule has 0 spiro atoms. The molecule has 0 bridgehead atoms. The van der Waals surface area contributed by atoms with Gasteiger partial charge in [-0.1, -0.05) is 231 Å². The van der Waals surface area contributed by atoms with Crippen LogP contribution >= 0.6 is 0 Å². The summed E-state index contributed by atoms with van der Waals surface area (Å²) in [7, 11) is 0. The second kappa shape index (κ2) is 33.6. The van der Waals surface area contributed by atoms with Crippen molar-refractivity contribution in [1.29, 1.82) is 21.0 Å². The standard InChI is InChI=1S/C64H36BN7.C60H36BF4N3/c66-37-41-23-27-50(46(31-41)39-68)44-26-30-58(53(34-44)51-28-24-42(38-67)32-47(51)40-69)72-57-20-10-7-17-52(57)54-33-43(25-29-59(54)72)45-35-62-64-63(36-45)71(49-15-5-2-6-16-49)61-22-12-9-19-56(61)65(64)55-18-8-11-21-60(55)70(62)48-13-3-1-4-14-48;62-47-22-13-23-48(63)58(47)38-30-32-53(44(34-38)59-49(64)24-14-25-50(59)65)68-51-26-10-7-19-42(51)43-33-37(29-31-52(43)68)39-35-56-60-57(36-39)67(41-17-5-2-6-18-41)55-28-12-9-21-46(55)61(60)45-20-8-11-27-54(45)66(56)40-15-3-1-4-16-40/h1-36H;1-36H. The van der Waals surface area contributed by atoms with Crippen molar-refractivity contribution in [3.05, 3.63) is 482 Å². The van der Waals surface area contributed by atoms with Crippen LogP contribution < -0.4 is 52.4 Å². The molecule has 0 fully saturated rings. The zero-order chi connectivity index (χ0) is 94.1. The van der Waals surface area contributed by atoms with Crippen LogP contribution in [0, 0.1) is 68.6 Å². The maximum absolute atomic E-state index is 16.0. The zero-order valence-electron chi connectivity index (χ0n) is 74.7. The maximum Gasteiger partial charge on any atom is 0.252 e. The number of fused-ring (bicyclic) bond motifs is 14. The van der Waals surface area contributed by atoms with E-state index in [1.165, 1.54) is 75.2 Å². The number of benzene rings is 20. The summed E-state index contributed by atoms with van der Waals surface area (Å²) in [5.74, 6) is -3.14. The van der Waals surface area contributed by atoms with Gasteiger partial charge in [-0.05, 0) is 278 Å². The molecule has 4 aliphatic heterocycles. The predicted molar refractivity (Wildman–Crippen MR) is 561 cm³/mol. The SMILES string of the molecule is Fc1cccc(F)c1-c1ccc(-n2c3ccccc3c3cc(-c4cc5c6c(c4)N(c4ccccc4)c4ccccc4B6c4ccccc4N5c4ccccc4)ccc32)c(-c2c(F)cccc2F)c1.N#Cc1ccc(-c2ccc(-n3c4ccccc4c4cc(-c5cc6c7c(c5)N(c5ccccc5)c5ccccc5B7c5ccccc5N6c5ccccc5)ccc43)c(-c3ccc(C#N)cc3C#N)c2)c(C#N)c1. The van der Waals surface area contributed by atoms with Gasteiger partial charge in [0.15, 0.2) is 0 Å². The summed E-state index contributed by atoms with van der Waals surface area (Å²) < 4.78 is 66.8. The fourth-order valence-electron chi connectivity index (χ4n) is 22.0. The Kier molecular flexibility index (Phi) is 19.9. The van der Waals surface area contributed by atoms with Gasteiger partial charge in [0, 0.05) is 106 Å². The molecule has 16 heteroatoms. The molecule has 0 amide bonds. The summed E-state index contributed by atoms with van der Waals surface area (Å²) in [5.41, 5.74) is 33.6. The molecule has 20 aromatic carbocycles. The van der Waals surface area contributed by atoms with Crippen molar-refractivity contribution in [1.82, 2.24) is 9.13 Å². The van der Waals surface area contributed by atoms with Crippen LogP contribution in [0.3, 0.4) is 0 Å². The van der Waals surface area contributed by atoms with E-state index >= 15 is 17.6 Å². The zero-order valence-corrected chi connectivity index (χ0v) is 74.7. The summed E-state index contributed by atoms with van der Waals surface area (Å²) in [5, 5.41) is 44.3. The largest absolute Gasteiger partial charge is 0.311 e. The number of anilines is 12. The number of halogens is 4. The number of nitriles is 4. The highest BCUT2D eigenvalue weighted by Crippen LogP contribution is 2.52. The van der Waals surface area contributed by atoms with Gasteiger partial charge in [-0.15, -0.1) is 0 Å². The lowest BCUT2D eigenvalue weighted by molar-refractivity contribution is 0.589. The first-order valence-electron chi connectivity index (χ1n) is 46.2. The van der Waals surface area contributed by atoms with Gasteiger partial charge in [-0.25, -0.2) is 17.6 Å². The van der Waals surface area contributed by atoms with E-state index in [0.717, 1.165) is 151 Å². The Morgan fingerprint density at radius 2 is 0.521 bits per heavy atom. The van der Waals surface area contributed by atoms with Crippen LogP contribution in [0.4, 0.5) is 85.8 Å².